The highest BCUT2D eigenvalue weighted by Gasteiger charge is 2.38. The average Bonchev–Trinajstić information content (AvgIpc) is 3.37. The summed E-state index contributed by atoms with van der Waals surface area (Å²) in [6.45, 7) is 3.81. The van der Waals surface area contributed by atoms with Crippen LogP contribution in [0.15, 0.2) is 47.3 Å². The molecule has 13 heteroatoms. The van der Waals surface area contributed by atoms with Crippen molar-refractivity contribution in [2.75, 3.05) is 5.32 Å². The first kappa shape index (κ1) is 27.4. The van der Waals surface area contributed by atoms with Crippen molar-refractivity contribution in [1.29, 1.82) is 0 Å². The van der Waals surface area contributed by atoms with Crippen LogP contribution >= 0.6 is 11.6 Å². The monoisotopic (exact) mass is 578 g/mol. The molecule has 2 N–H and O–H groups in total. The van der Waals surface area contributed by atoms with Crippen molar-refractivity contribution in [3.8, 4) is 0 Å². The minimum Gasteiger partial charge on any atom is -0.341 e. The number of halogens is 6. The van der Waals surface area contributed by atoms with Gasteiger partial charge in [0, 0.05) is 40.5 Å². The number of amides is 2. The van der Waals surface area contributed by atoms with E-state index in [0.717, 1.165) is 12.1 Å². The van der Waals surface area contributed by atoms with Gasteiger partial charge in [-0.3, -0.25) is 18.7 Å². The lowest BCUT2D eigenvalue weighted by Crippen LogP contribution is -2.24. The summed E-state index contributed by atoms with van der Waals surface area (Å²) < 4.78 is 70.9. The Labute approximate surface area is 228 Å². The molecule has 3 aromatic carbocycles. The number of carbonyl (C=O) groups is 2. The number of hydrogen-bond donors (Lipinski definition) is 2. The Morgan fingerprint density at radius 1 is 1.00 bits per heavy atom. The van der Waals surface area contributed by atoms with Crippen LogP contribution in [0, 0.1) is 11.6 Å². The minimum absolute atomic E-state index is 0.0134. The lowest BCUT2D eigenvalue weighted by atomic mass is 9.95. The minimum atomic E-state index is -4.91. The van der Waals surface area contributed by atoms with E-state index in [2.05, 4.69) is 10.6 Å². The number of hydrogen-bond acceptors (Lipinski definition) is 3. The number of anilines is 1. The van der Waals surface area contributed by atoms with Crippen molar-refractivity contribution in [3.63, 3.8) is 0 Å². The standard InChI is InChI=1S/C27H20ClF5N4O3/c1-3-36-19-11-18(34-24(38)12-7-13(27(31,32)33)9-15(30)8-12)20-21(23(19)37(4-2)26(36)40)25(39)35-22(20)16-10-14(29)5-6-17(16)28/h5-11,22H,3-4H2,1-2H3,(H,34,38)(H,35,39)/t22-/m1/s1. The van der Waals surface area contributed by atoms with E-state index < -0.39 is 52.5 Å². The molecule has 4 aromatic rings. The SMILES string of the molecule is CCn1c(=O)n(CC)c2c3c(c(NC(=O)c4cc(F)cc(C(F)(F)F)c4)cc21)[C@@H](c1cc(F)ccc1Cl)NC3=O. The van der Waals surface area contributed by atoms with Gasteiger partial charge in [-0.2, -0.15) is 13.2 Å². The molecule has 7 nitrogen and oxygen atoms in total. The Balaban J connectivity index is 1.77. The van der Waals surface area contributed by atoms with Crippen LogP contribution in [0.25, 0.3) is 11.0 Å². The Hall–Kier alpha value is -4.19. The van der Waals surface area contributed by atoms with Gasteiger partial charge in [0.05, 0.1) is 28.2 Å². The van der Waals surface area contributed by atoms with Crippen molar-refractivity contribution in [1.82, 2.24) is 14.5 Å². The van der Waals surface area contributed by atoms with E-state index in [9.17, 15) is 36.3 Å². The van der Waals surface area contributed by atoms with Crippen molar-refractivity contribution in [2.45, 2.75) is 39.2 Å². The Kier molecular flexibility index (Phi) is 6.69. The van der Waals surface area contributed by atoms with Crippen molar-refractivity contribution >= 4 is 40.1 Å². The largest absolute Gasteiger partial charge is 0.416 e. The van der Waals surface area contributed by atoms with E-state index in [-0.39, 0.29) is 57.6 Å². The first-order valence-corrected chi connectivity index (χ1v) is 12.5. The molecule has 0 radical (unpaired) electrons. The summed E-state index contributed by atoms with van der Waals surface area (Å²) in [5.41, 5.74) is -1.64. The third-order valence-electron chi connectivity index (χ3n) is 6.77. The van der Waals surface area contributed by atoms with Gasteiger partial charge in [-0.15, -0.1) is 0 Å². The van der Waals surface area contributed by atoms with Gasteiger partial charge in [0.2, 0.25) is 0 Å². The molecular formula is C27H20ClF5N4O3. The lowest BCUT2D eigenvalue weighted by Gasteiger charge is -2.19. The fraction of sp³-hybridized carbons (Fsp3) is 0.222. The molecule has 0 saturated heterocycles. The van der Waals surface area contributed by atoms with Crippen LogP contribution in [0.1, 0.15) is 57.3 Å². The normalized spacial score (nSPS) is 14.9. The molecule has 0 aliphatic carbocycles. The number of nitrogens with zero attached hydrogens (tertiary/aromatic N) is 2. The third kappa shape index (κ3) is 4.41. The molecule has 1 aromatic heterocycles. The molecule has 0 bridgehead atoms. The van der Waals surface area contributed by atoms with Crippen LogP contribution in [-0.4, -0.2) is 20.9 Å². The van der Waals surface area contributed by atoms with Crippen LogP contribution in [0.5, 0.6) is 0 Å². The molecule has 0 unspecified atom stereocenters. The number of imidazole rings is 1. The predicted octanol–water partition coefficient (Wildman–Crippen LogP) is 5.88. The van der Waals surface area contributed by atoms with Crippen molar-refractivity contribution in [2.24, 2.45) is 0 Å². The molecule has 2 heterocycles. The maximum Gasteiger partial charge on any atom is 0.416 e. The highest BCUT2D eigenvalue weighted by Crippen LogP contribution is 2.43. The molecule has 208 valence electrons. The maximum absolute atomic E-state index is 14.2. The topological polar surface area (TPSA) is 85.1 Å². The number of benzene rings is 3. The van der Waals surface area contributed by atoms with Gasteiger partial charge in [-0.25, -0.2) is 13.6 Å². The van der Waals surface area contributed by atoms with E-state index >= 15 is 0 Å². The van der Waals surface area contributed by atoms with Gasteiger partial charge in [-0.1, -0.05) is 11.6 Å². The highest BCUT2D eigenvalue weighted by atomic mass is 35.5. The summed E-state index contributed by atoms with van der Waals surface area (Å²) in [6, 6.07) is 5.23. The summed E-state index contributed by atoms with van der Waals surface area (Å²) in [7, 11) is 0. The number of aromatic nitrogens is 2. The summed E-state index contributed by atoms with van der Waals surface area (Å²) >= 11 is 6.34. The van der Waals surface area contributed by atoms with E-state index in [0.29, 0.717) is 12.1 Å². The number of carbonyl (C=O) groups excluding carboxylic acids is 2. The first-order chi connectivity index (χ1) is 18.8. The molecule has 5 rings (SSSR count). The predicted molar refractivity (Wildman–Crippen MR) is 138 cm³/mol. The van der Waals surface area contributed by atoms with Crippen molar-refractivity contribution < 1.29 is 31.5 Å². The number of alkyl halides is 3. The summed E-state index contributed by atoms with van der Waals surface area (Å²) in [6.07, 6.45) is -4.91. The maximum atomic E-state index is 14.2. The van der Waals surface area contributed by atoms with E-state index in [1.54, 1.807) is 13.8 Å². The summed E-state index contributed by atoms with van der Waals surface area (Å²) in [5, 5.41) is 5.29. The van der Waals surface area contributed by atoms with Crippen LogP contribution in [-0.2, 0) is 19.3 Å². The molecular weight excluding hydrogens is 559 g/mol. The van der Waals surface area contributed by atoms with E-state index in [4.69, 9.17) is 11.6 Å². The number of nitrogens with one attached hydrogen (secondary N) is 2. The van der Waals surface area contributed by atoms with Gasteiger partial charge in [0.15, 0.2) is 0 Å². The number of aryl methyl sites for hydroxylation is 2. The number of rotatable bonds is 5. The van der Waals surface area contributed by atoms with Crippen LogP contribution in [0.2, 0.25) is 5.02 Å². The number of fused-ring (bicyclic) bond motifs is 3. The van der Waals surface area contributed by atoms with Gasteiger partial charge in [0.1, 0.15) is 11.6 Å². The van der Waals surface area contributed by atoms with Gasteiger partial charge < -0.3 is 10.6 Å². The summed E-state index contributed by atoms with van der Waals surface area (Å²) in [5.74, 6) is -3.67. The average molecular weight is 579 g/mol. The molecule has 1 atom stereocenters. The van der Waals surface area contributed by atoms with Gasteiger partial charge in [0.25, 0.3) is 11.8 Å². The van der Waals surface area contributed by atoms with Crippen molar-refractivity contribution in [3.05, 3.63) is 97.4 Å². The second kappa shape index (κ2) is 9.77. The molecule has 1 aliphatic rings. The zero-order chi connectivity index (χ0) is 29.1. The Bertz CT molecular complexity index is 1780. The zero-order valence-electron chi connectivity index (χ0n) is 20.9. The lowest BCUT2D eigenvalue weighted by molar-refractivity contribution is -0.137. The first-order valence-electron chi connectivity index (χ1n) is 12.1. The van der Waals surface area contributed by atoms with E-state index in [1.807, 2.05) is 0 Å². The van der Waals surface area contributed by atoms with Crippen LogP contribution < -0.4 is 16.3 Å². The third-order valence-corrected chi connectivity index (χ3v) is 7.11. The van der Waals surface area contributed by atoms with Crippen LogP contribution in [0.3, 0.4) is 0 Å². The fourth-order valence-electron chi connectivity index (χ4n) is 5.05. The van der Waals surface area contributed by atoms with E-state index in [1.165, 1.54) is 21.3 Å². The second-order valence-corrected chi connectivity index (χ2v) is 9.51. The smallest absolute Gasteiger partial charge is 0.341 e. The molecule has 0 fully saturated rings. The van der Waals surface area contributed by atoms with Gasteiger partial charge >= 0.3 is 11.9 Å². The Morgan fingerprint density at radius 2 is 1.70 bits per heavy atom. The second-order valence-electron chi connectivity index (χ2n) is 9.10. The fourth-order valence-corrected chi connectivity index (χ4v) is 5.28. The van der Waals surface area contributed by atoms with Gasteiger partial charge in [-0.05, 0) is 56.3 Å². The highest BCUT2D eigenvalue weighted by molar-refractivity contribution is 6.31. The molecule has 0 saturated carbocycles. The zero-order valence-corrected chi connectivity index (χ0v) is 21.7. The Morgan fingerprint density at radius 3 is 2.35 bits per heavy atom. The van der Waals surface area contributed by atoms with Crippen LogP contribution in [0.4, 0.5) is 27.6 Å². The summed E-state index contributed by atoms with van der Waals surface area (Å²) in [4.78, 5) is 39.7. The molecule has 40 heavy (non-hydrogen) atoms. The molecule has 0 spiro atoms. The molecule has 2 amide bonds. The molecule has 1 aliphatic heterocycles. The quantitative estimate of drug-likeness (QED) is 0.290.